The van der Waals surface area contributed by atoms with E-state index >= 15 is 0 Å². The van der Waals surface area contributed by atoms with Crippen LogP contribution >= 0.6 is 34.3 Å². The average Bonchev–Trinajstić information content (AvgIpc) is 3.51. The second kappa shape index (κ2) is 11.6. The number of ketones is 1. The fourth-order valence-electron chi connectivity index (χ4n) is 5.00. The molecule has 37 heavy (non-hydrogen) atoms. The number of thiophene rings is 1. The Morgan fingerprint density at radius 3 is 2.59 bits per heavy atom. The molecule has 0 unspecified atom stereocenters. The second-order valence-electron chi connectivity index (χ2n) is 9.78. The molecule has 0 aromatic carbocycles. The maximum absolute atomic E-state index is 13.1. The molecule has 8 nitrogen and oxygen atoms in total. The number of halogens is 1. The molecule has 11 heteroatoms. The van der Waals surface area contributed by atoms with Crippen LogP contribution in [0.2, 0.25) is 5.02 Å². The van der Waals surface area contributed by atoms with Crippen molar-refractivity contribution in [1.29, 1.82) is 0 Å². The summed E-state index contributed by atoms with van der Waals surface area (Å²) in [6.45, 7) is 5.42. The molecule has 0 aliphatic carbocycles. The average molecular weight is 560 g/mol. The van der Waals surface area contributed by atoms with Crippen LogP contribution in [-0.4, -0.2) is 62.4 Å². The zero-order valence-corrected chi connectivity index (χ0v) is 23.1. The third kappa shape index (κ3) is 6.19. The van der Waals surface area contributed by atoms with E-state index in [0.717, 1.165) is 28.7 Å². The van der Waals surface area contributed by atoms with Crippen molar-refractivity contribution in [2.75, 3.05) is 24.5 Å². The number of likely N-dealkylation sites (tertiary alicyclic amines) is 1. The number of rotatable bonds is 8. The van der Waals surface area contributed by atoms with Gasteiger partial charge in [-0.05, 0) is 45.2 Å². The van der Waals surface area contributed by atoms with Crippen molar-refractivity contribution in [3.05, 3.63) is 44.4 Å². The Morgan fingerprint density at radius 1 is 1.14 bits per heavy atom. The van der Waals surface area contributed by atoms with Crippen LogP contribution in [0.3, 0.4) is 0 Å². The number of nitrogens with zero attached hydrogens (tertiary/aromatic N) is 5. The summed E-state index contributed by atoms with van der Waals surface area (Å²) in [6, 6.07) is 2.48. The number of piperidine rings is 2. The van der Waals surface area contributed by atoms with Gasteiger partial charge < -0.3 is 10.0 Å². The Labute approximate surface area is 229 Å². The highest BCUT2D eigenvalue weighted by atomic mass is 35.5. The number of carbonyl (C=O) groups excluding carboxylic acids is 1. The standard InChI is InChI=1S/C26H30ClN5O3S2/c1-16-4-2-3-7-32(16)14-22-25(21-10-18(27)15-36-21)30-24(37-22)11-20(33)19-12-29-23(13-28-19)31-8-5-17(6-9-31)26(34)35/h10,12-13,15-17H,2-9,11,14H2,1H3,(H,34,35)/t16-/m1/s1. The molecule has 0 spiro atoms. The maximum Gasteiger partial charge on any atom is 0.306 e. The summed E-state index contributed by atoms with van der Waals surface area (Å²) in [5.74, 6) is -0.496. The van der Waals surface area contributed by atoms with E-state index in [9.17, 15) is 14.7 Å². The van der Waals surface area contributed by atoms with E-state index in [1.165, 1.54) is 30.3 Å². The number of hydrogen-bond acceptors (Lipinski definition) is 9. The lowest BCUT2D eigenvalue weighted by atomic mass is 9.97. The molecular formula is C26H30ClN5O3S2. The number of carboxylic acids is 1. The molecule has 5 heterocycles. The van der Waals surface area contributed by atoms with Gasteiger partial charge in [-0.25, -0.2) is 15.0 Å². The van der Waals surface area contributed by atoms with Gasteiger partial charge in [-0.3, -0.25) is 14.5 Å². The van der Waals surface area contributed by atoms with Gasteiger partial charge in [0.15, 0.2) is 5.78 Å². The van der Waals surface area contributed by atoms with Crippen LogP contribution in [-0.2, 0) is 17.8 Å². The molecule has 2 fully saturated rings. The van der Waals surface area contributed by atoms with Gasteiger partial charge in [-0.1, -0.05) is 18.0 Å². The third-order valence-corrected chi connectivity index (χ3v) is 9.56. The number of aliphatic carboxylic acids is 1. The Hall–Kier alpha value is -2.40. The van der Waals surface area contributed by atoms with Crippen molar-refractivity contribution >= 4 is 51.8 Å². The second-order valence-corrected chi connectivity index (χ2v) is 12.3. The highest BCUT2D eigenvalue weighted by Gasteiger charge is 2.26. The number of thiazole rings is 1. The fourth-order valence-corrected chi connectivity index (χ4v) is 7.26. The molecule has 1 atom stereocenters. The monoisotopic (exact) mass is 559 g/mol. The molecule has 0 saturated carbocycles. The van der Waals surface area contributed by atoms with Gasteiger partial charge in [-0.2, -0.15) is 0 Å². The Kier molecular flexibility index (Phi) is 8.18. The van der Waals surface area contributed by atoms with E-state index in [0.29, 0.717) is 48.5 Å². The van der Waals surface area contributed by atoms with Crippen LogP contribution in [0, 0.1) is 5.92 Å². The molecule has 1 N–H and O–H groups in total. The van der Waals surface area contributed by atoms with Crippen molar-refractivity contribution in [2.45, 2.75) is 58.0 Å². The van der Waals surface area contributed by atoms with Crippen molar-refractivity contribution < 1.29 is 14.7 Å². The van der Waals surface area contributed by atoms with Gasteiger partial charge in [0.05, 0.1) is 40.3 Å². The predicted molar refractivity (Wildman–Crippen MR) is 147 cm³/mol. The van der Waals surface area contributed by atoms with Gasteiger partial charge >= 0.3 is 5.97 Å². The van der Waals surface area contributed by atoms with E-state index in [4.69, 9.17) is 16.6 Å². The van der Waals surface area contributed by atoms with Crippen molar-refractivity contribution in [3.8, 4) is 10.6 Å². The molecule has 0 bridgehead atoms. The number of carbonyl (C=O) groups is 2. The van der Waals surface area contributed by atoms with Crippen molar-refractivity contribution in [3.63, 3.8) is 0 Å². The quantitative estimate of drug-likeness (QED) is 0.365. The maximum atomic E-state index is 13.1. The minimum atomic E-state index is -0.743. The summed E-state index contributed by atoms with van der Waals surface area (Å²) >= 11 is 9.39. The fraction of sp³-hybridized carbons (Fsp3) is 0.500. The van der Waals surface area contributed by atoms with Gasteiger partial charge in [0.1, 0.15) is 16.5 Å². The number of carboxylic acid groups (broad SMARTS) is 1. The molecular weight excluding hydrogens is 530 g/mol. The smallest absolute Gasteiger partial charge is 0.306 e. The van der Waals surface area contributed by atoms with Crippen LogP contribution in [0.5, 0.6) is 0 Å². The molecule has 196 valence electrons. The topological polar surface area (TPSA) is 99.5 Å². The Balaban J connectivity index is 1.29. The first-order chi connectivity index (χ1) is 17.9. The van der Waals surface area contributed by atoms with E-state index in [1.807, 2.05) is 16.3 Å². The summed E-state index contributed by atoms with van der Waals surface area (Å²) in [5, 5.41) is 12.6. The minimum Gasteiger partial charge on any atom is -0.481 e. The van der Waals surface area contributed by atoms with E-state index in [-0.39, 0.29) is 18.1 Å². The highest BCUT2D eigenvalue weighted by molar-refractivity contribution is 7.15. The molecule has 3 aromatic rings. The third-order valence-electron chi connectivity index (χ3n) is 7.23. The van der Waals surface area contributed by atoms with Gasteiger partial charge in [0.25, 0.3) is 0 Å². The molecule has 3 aromatic heterocycles. The van der Waals surface area contributed by atoms with Crippen molar-refractivity contribution in [2.24, 2.45) is 5.92 Å². The zero-order chi connectivity index (χ0) is 25.9. The lowest BCUT2D eigenvalue weighted by Crippen LogP contribution is -2.36. The number of aromatic nitrogens is 3. The van der Waals surface area contributed by atoms with E-state index in [2.05, 4.69) is 21.8 Å². The minimum absolute atomic E-state index is 0.119. The van der Waals surface area contributed by atoms with E-state index < -0.39 is 5.97 Å². The first-order valence-electron chi connectivity index (χ1n) is 12.7. The van der Waals surface area contributed by atoms with E-state index in [1.54, 1.807) is 28.9 Å². The summed E-state index contributed by atoms with van der Waals surface area (Å²) in [6.07, 6.45) is 8.15. The largest absolute Gasteiger partial charge is 0.481 e. The summed E-state index contributed by atoms with van der Waals surface area (Å²) in [7, 11) is 0. The number of hydrogen-bond donors (Lipinski definition) is 1. The SMILES string of the molecule is C[C@@H]1CCCCN1Cc1sc(CC(=O)c2cnc(N3CCC(C(=O)O)CC3)cn2)nc1-c1cc(Cl)cs1. The highest BCUT2D eigenvalue weighted by Crippen LogP contribution is 2.36. The Morgan fingerprint density at radius 2 is 1.95 bits per heavy atom. The molecule has 5 rings (SSSR count). The lowest BCUT2D eigenvalue weighted by molar-refractivity contribution is -0.142. The van der Waals surface area contributed by atoms with Crippen LogP contribution in [0.15, 0.2) is 23.8 Å². The van der Waals surface area contributed by atoms with Crippen LogP contribution in [0.4, 0.5) is 5.82 Å². The Bertz CT molecular complexity index is 1250. The zero-order valence-electron chi connectivity index (χ0n) is 20.7. The van der Waals surface area contributed by atoms with Gasteiger partial charge in [0, 0.05) is 35.9 Å². The molecule has 2 aliphatic rings. The van der Waals surface area contributed by atoms with Crippen LogP contribution in [0.25, 0.3) is 10.6 Å². The molecule has 2 aliphatic heterocycles. The first kappa shape index (κ1) is 26.2. The first-order valence-corrected chi connectivity index (χ1v) is 14.7. The van der Waals surface area contributed by atoms with Gasteiger partial charge in [-0.15, -0.1) is 22.7 Å². The summed E-state index contributed by atoms with van der Waals surface area (Å²) < 4.78 is 0. The number of anilines is 1. The normalized spacial score (nSPS) is 19.3. The number of Topliss-reactive ketones (excluding diaryl/α,β-unsaturated/α-hetero) is 1. The predicted octanol–water partition coefficient (Wildman–Crippen LogP) is 5.42. The van der Waals surface area contributed by atoms with Crippen LogP contribution < -0.4 is 4.90 Å². The van der Waals surface area contributed by atoms with Crippen molar-refractivity contribution in [1.82, 2.24) is 19.9 Å². The summed E-state index contributed by atoms with van der Waals surface area (Å²) in [5.41, 5.74) is 1.24. The molecule has 0 amide bonds. The molecule has 2 saturated heterocycles. The molecule has 0 radical (unpaired) electrons. The van der Waals surface area contributed by atoms with Gasteiger partial charge in [0.2, 0.25) is 0 Å². The van der Waals surface area contributed by atoms with Crippen LogP contribution in [0.1, 0.15) is 59.4 Å². The summed E-state index contributed by atoms with van der Waals surface area (Å²) in [4.78, 5) is 44.7. The lowest BCUT2D eigenvalue weighted by Gasteiger charge is -2.33.